The second-order valence-corrected chi connectivity index (χ2v) is 4.58. The molecule has 0 aromatic rings. The zero-order valence-electron chi connectivity index (χ0n) is 9.39. The standard InChI is InChI=1S/C13H18O3/c14-12(13(15)9-5-2-6-10-13)16-11-7-3-1-4-8-11/h2,5-6,9,11,15H,1,3-4,7-8,10H2. The fourth-order valence-corrected chi connectivity index (χ4v) is 2.20. The fraction of sp³-hybridized carbons (Fsp3) is 0.615. The minimum atomic E-state index is -1.44. The summed E-state index contributed by atoms with van der Waals surface area (Å²) < 4.78 is 5.36. The molecule has 16 heavy (non-hydrogen) atoms. The largest absolute Gasteiger partial charge is 0.460 e. The zero-order chi connectivity index (χ0) is 11.4. The Bertz CT molecular complexity index is 313. The summed E-state index contributed by atoms with van der Waals surface area (Å²) in [5, 5.41) is 10.1. The highest BCUT2D eigenvalue weighted by Gasteiger charge is 2.36. The molecule has 1 saturated carbocycles. The average Bonchev–Trinajstić information content (AvgIpc) is 2.31. The first-order valence-corrected chi connectivity index (χ1v) is 5.98. The van der Waals surface area contributed by atoms with Crippen LogP contribution in [0.25, 0.3) is 0 Å². The summed E-state index contributed by atoms with van der Waals surface area (Å²) in [4.78, 5) is 11.8. The molecule has 0 aromatic carbocycles. The molecule has 2 rings (SSSR count). The van der Waals surface area contributed by atoms with Crippen LogP contribution < -0.4 is 0 Å². The summed E-state index contributed by atoms with van der Waals surface area (Å²) in [7, 11) is 0. The molecule has 0 amide bonds. The van der Waals surface area contributed by atoms with E-state index in [0.717, 1.165) is 25.7 Å². The Labute approximate surface area is 95.8 Å². The molecule has 1 N–H and O–H groups in total. The van der Waals surface area contributed by atoms with E-state index in [-0.39, 0.29) is 6.10 Å². The summed E-state index contributed by atoms with van der Waals surface area (Å²) in [6.45, 7) is 0. The first-order valence-electron chi connectivity index (χ1n) is 5.98. The van der Waals surface area contributed by atoms with Crippen LogP contribution in [0.15, 0.2) is 24.3 Å². The van der Waals surface area contributed by atoms with Crippen molar-refractivity contribution in [1.82, 2.24) is 0 Å². The third-order valence-corrected chi connectivity index (χ3v) is 3.23. The highest BCUT2D eigenvalue weighted by Crippen LogP contribution is 2.25. The second-order valence-electron chi connectivity index (χ2n) is 4.58. The molecule has 0 heterocycles. The van der Waals surface area contributed by atoms with Gasteiger partial charge in [-0.05, 0) is 31.8 Å². The van der Waals surface area contributed by atoms with Gasteiger partial charge in [0.1, 0.15) is 6.10 Å². The Morgan fingerprint density at radius 3 is 2.62 bits per heavy atom. The van der Waals surface area contributed by atoms with Crippen LogP contribution in [-0.4, -0.2) is 22.8 Å². The Morgan fingerprint density at radius 2 is 2.00 bits per heavy atom. The van der Waals surface area contributed by atoms with Crippen LogP contribution in [0.3, 0.4) is 0 Å². The Hall–Kier alpha value is -1.09. The number of carbonyl (C=O) groups is 1. The van der Waals surface area contributed by atoms with Crippen molar-refractivity contribution in [1.29, 1.82) is 0 Å². The van der Waals surface area contributed by atoms with Crippen LogP contribution in [0.5, 0.6) is 0 Å². The molecule has 88 valence electrons. The van der Waals surface area contributed by atoms with E-state index < -0.39 is 11.6 Å². The van der Waals surface area contributed by atoms with Gasteiger partial charge < -0.3 is 9.84 Å². The van der Waals surface area contributed by atoms with Gasteiger partial charge in [-0.3, -0.25) is 0 Å². The van der Waals surface area contributed by atoms with Crippen molar-refractivity contribution in [2.45, 2.75) is 50.2 Å². The van der Waals surface area contributed by atoms with E-state index >= 15 is 0 Å². The first kappa shape index (κ1) is 11.4. The lowest BCUT2D eigenvalue weighted by molar-refractivity contribution is -0.167. The highest BCUT2D eigenvalue weighted by molar-refractivity contribution is 5.82. The number of rotatable bonds is 2. The smallest absolute Gasteiger partial charge is 0.342 e. The lowest BCUT2D eigenvalue weighted by Gasteiger charge is -2.28. The van der Waals surface area contributed by atoms with Crippen molar-refractivity contribution in [3.8, 4) is 0 Å². The maximum Gasteiger partial charge on any atom is 0.342 e. The molecule has 2 aliphatic rings. The molecule has 0 spiro atoms. The van der Waals surface area contributed by atoms with Gasteiger partial charge in [-0.15, -0.1) is 0 Å². The van der Waals surface area contributed by atoms with Crippen molar-refractivity contribution in [3.05, 3.63) is 24.3 Å². The van der Waals surface area contributed by atoms with Crippen LogP contribution in [-0.2, 0) is 9.53 Å². The third kappa shape index (κ3) is 2.53. The fourth-order valence-electron chi connectivity index (χ4n) is 2.20. The lowest BCUT2D eigenvalue weighted by atomic mass is 9.94. The van der Waals surface area contributed by atoms with Gasteiger partial charge in [0.05, 0.1) is 0 Å². The third-order valence-electron chi connectivity index (χ3n) is 3.23. The molecule has 1 atom stereocenters. The van der Waals surface area contributed by atoms with E-state index in [1.165, 1.54) is 12.5 Å². The predicted molar refractivity (Wildman–Crippen MR) is 60.8 cm³/mol. The second kappa shape index (κ2) is 4.83. The first-order chi connectivity index (χ1) is 7.71. The molecule has 2 aliphatic carbocycles. The molecule has 3 heteroatoms. The number of carbonyl (C=O) groups excluding carboxylic acids is 1. The molecule has 0 aliphatic heterocycles. The number of hydrogen-bond donors (Lipinski definition) is 1. The minimum absolute atomic E-state index is 0.00424. The predicted octanol–water partition coefficient (Wildman–Crippen LogP) is 2.11. The molecule has 3 nitrogen and oxygen atoms in total. The van der Waals surface area contributed by atoms with Gasteiger partial charge in [0.25, 0.3) is 0 Å². The van der Waals surface area contributed by atoms with E-state index in [4.69, 9.17) is 4.74 Å². The summed E-state index contributed by atoms with van der Waals surface area (Å²) >= 11 is 0. The summed E-state index contributed by atoms with van der Waals surface area (Å²) in [6, 6.07) is 0. The van der Waals surface area contributed by atoms with E-state index in [9.17, 15) is 9.90 Å². The molecule has 1 unspecified atom stereocenters. The van der Waals surface area contributed by atoms with Gasteiger partial charge in [-0.2, -0.15) is 0 Å². The number of esters is 1. The van der Waals surface area contributed by atoms with Crippen molar-refractivity contribution >= 4 is 5.97 Å². The number of ether oxygens (including phenoxy) is 1. The molecular formula is C13H18O3. The molecular weight excluding hydrogens is 204 g/mol. The summed E-state index contributed by atoms with van der Waals surface area (Å²) in [5.41, 5.74) is -1.44. The summed E-state index contributed by atoms with van der Waals surface area (Å²) in [6.07, 6.45) is 12.4. The topological polar surface area (TPSA) is 46.5 Å². The number of hydrogen-bond acceptors (Lipinski definition) is 3. The van der Waals surface area contributed by atoms with Crippen molar-refractivity contribution < 1.29 is 14.6 Å². The van der Waals surface area contributed by atoms with Crippen LogP contribution in [0.2, 0.25) is 0 Å². The highest BCUT2D eigenvalue weighted by atomic mass is 16.6. The van der Waals surface area contributed by atoms with E-state index in [1.54, 1.807) is 12.2 Å². The number of aliphatic hydroxyl groups is 1. The van der Waals surface area contributed by atoms with E-state index in [0.29, 0.717) is 6.42 Å². The normalized spacial score (nSPS) is 30.3. The van der Waals surface area contributed by atoms with Gasteiger partial charge >= 0.3 is 5.97 Å². The van der Waals surface area contributed by atoms with E-state index in [1.807, 2.05) is 6.08 Å². The molecule has 0 aromatic heterocycles. The molecule has 0 bridgehead atoms. The van der Waals surface area contributed by atoms with Gasteiger partial charge in [0.2, 0.25) is 0 Å². The Balaban J connectivity index is 1.91. The van der Waals surface area contributed by atoms with Gasteiger partial charge in [0.15, 0.2) is 5.60 Å². The number of allylic oxidation sites excluding steroid dienone is 2. The Kier molecular flexibility index (Phi) is 3.44. The van der Waals surface area contributed by atoms with Crippen LogP contribution >= 0.6 is 0 Å². The van der Waals surface area contributed by atoms with Gasteiger partial charge in [-0.1, -0.05) is 24.6 Å². The van der Waals surface area contributed by atoms with Gasteiger partial charge in [0, 0.05) is 6.42 Å². The van der Waals surface area contributed by atoms with Gasteiger partial charge in [-0.25, -0.2) is 4.79 Å². The maximum absolute atomic E-state index is 11.8. The lowest BCUT2D eigenvalue weighted by Crippen LogP contribution is -2.40. The maximum atomic E-state index is 11.8. The van der Waals surface area contributed by atoms with Crippen LogP contribution in [0, 0.1) is 0 Å². The minimum Gasteiger partial charge on any atom is -0.460 e. The van der Waals surface area contributed by atoms with Crippen molar-refractivity contribution in [2.75, 3.05) is 0 Å². The quantitative estimate of drug-likeness (QED) is 0.728. The molecule has 0 radical (unpaired) electrons. The summed E-state index contributed by atoms with van der Waals surface area (Å²) in [5.74, 6) is -0.500. The molecule has 0 saturated heterocycles. The van der Waals surface area contributed by atoms with E-state index in [2.05, 4.69) is 0 Å². The monoisotopic (exact) mass is 222 g/mol. The average molecular weight is 222 g/mol. The zero-order valence-corrected chi connectivity index (χ0v) is 9.39. The SMILES string of the molecule is O=C(OC1CCCCC1)C1(O)C=CC=CC1. The van der Waals surface area contributed by atoms with Crippen LogP contribution in [0.1, 0.15) is 38.5 Å². The van der Waals surface area contributed by atoms with Crippen LogP contribution in [0.4, 0.5) is 0 Å². The molecule has 1 fully saturated rings. The Morgan fingerprint density at radius 1 is 1.25 bits per heavy atom. The van der Waals surface area contributed by atoms with Crippen molar-refractivity contribution in [2.24, 2.45) is 0 Å². The van der Waals surface area contributed by atoms with Crippen molar-refractivity contribution in [3.63, 3.8) is 0 Å².